The Labute approximate surface area is 135 Å². The molecule has 0 saturated heterocycles. The van der Waals surface area contributed by atoms with Crippen molar-refractivity contribution < 1.29 is 0 Å². The van der Waals surface area contributed by atoms with Crippen LogP contribution in [0.4, 0.5) is 0 Å². The molecular weight excluding hydrogens is 386 g/mol. The van der Waals surface area contributed by atoms with Gasteiger partial charge in [0.15, 0.2) is 0 Å². The third-order valence-electron chi connectivity index (χ3n) is 3.06. The van der Waals surface area contributed by atoms with Crippen molar-refractivity contribution in [3.63, 3.8) is 0 Å². The summed E-state index contributed by atoms with van der Waals surface area (Å²) in [4.78, 5) is 2.68. The fourth-order valence-electron chi connectivity index (χ4n) is 2.17. The predicted octanol–water partition coefficient (Wildman–Crippen LogP) is 5.59. The molecule has 0 aliphatic heterocycles. The number of halogens is 2. The van der Waals surface area contributed by atoms with Gasteiger partial charge in [-0.05, 0) is 65.6 Å². The maximum absolute atomic E-state index is 3.69. The van der Waals surface area contributed by atoms with Crippen LogP contribution in [-0.2, 0) is 0 Å². The van der Waals surface area contributed by atoms with Crippen molar-refractivity contribution in [1.82, 2.24) is 5.32 Å². The van der Waals surface area contributed by atoms with Crippen LogP contribution in [0, 0.1) is 13.8 Å². The number of hydrogen-bond acceptors (Lipinski definition) is 2. The molecular formula is C15H17Br2NS. The molecule has 0 fully saturated rings. The van der Waals surface area contributed by atoms with Crippen LogP contribution >= 0.6 is 43.2 Å². The molecule has 0 saturated carbocycles. The van der Waals surface area contributed by atoms with E-state index in [9.17, 15) is 0 Å². The van der Waals surface area contributed by atoms with Gasteiger partial charge in [0.1, 0.15) is 0 Å². The summed E-state index contributed by atoms with van der Waals surface area (Å²) in [6.07, 6.45) is 0. The number of hydrogen-bond donors (Lipinski definition) is 1. The lowest BCUT2D eigenvalue weighted by Gasteiger charge is -2.20. The highest BCUT2D eigenvalue weighted by Crippen LogP contribution is 2.37. The molecule has 1 atom stereocenters. The van der Waals surface area contributed by atoms with Crippen LogP contribution in [0.3, 0.4) is 0 Å². The third-order valence-corrected chi connectivity index (χ3v) is 5.59. The van der Waals surface area contributed by atoms with E-state index in [1.807, 2.05) is 11.3 Å². The molecule has 19 heavy (non-hydrogen) atoms. The largest absolute Gasteiger partial charge is 0.306 e. The normalized spacial score (nSPS) is 12.7. The number of benzene rings is 1. The van der Waals surface area contributed by atoms with Gasteiger partial charge in [-0.1, -0.05) is 28.9 Å². The first-order valence-corrected chi connectivity index (χ1v) is 8.68. The number of rotatable bonds is 4. The van der Waals surface area contributed by atoms with E-state index in [4.69, 9.17) is 0 Å². The summed E-state index contributed by atoms with van der Waals surface area (Å²) in [5.41, 5.74) is 2.64. The zero-order valence-electron chi connectivity index (χ0n) is 11.3. The Kier molecular flexibility index (Phi) is 5.23. The van der Waals surface area contributed by atoms with Gasteiger partial charge in [0.25, 0.3) is 0 Å². The first-order valence-electron chi connectivity index (χ1n) is 6.28. The molecule has 0 aliphatic rings. The Bertz CT molecular complexity index is 578. The molecule has 1 aromatic heterocycles. The lowest BCUT2D eigenvalue weighted by Crippen LogP contribution is -2.22. The van der Waals surface area contributed by atoms with E-state index in [-0.39, 0.29) is 6.04 Å². The second-order valence-corrected chi connectivity index (χ2v) is 7.62. The Morgan fingerprint density at radius 2 is 1.95 bits per heavy atom. The standard InChI is InChI=1S/C15H17Br2NS/c1-4-18-14(15-13(17)7-10(3)19-15)12-8-11(16)6-5-9(12)2/h5-8,14,18H,4H2,1-3H3. The van der Waals surface area contributed by atoms with Crippen molar-refractivity contribution in [3.05, 3.63) is 54.1 Å². The molecule has 1 aromatic carbocycles. The zero-order valence-corrected chi connectivity index (χ0v) is 15.2. The van der Waals surface area contributed by atoms with Crippen LogP contribution in [-0.4, -0.2) is 6.54 Å². The van der Waals surface area contributed by atoms with Crippen molar-refractivity contribution in [1.29, 1.82) is 0 Å². The molecule has 4 heteroatoms. The maximum Gasteiger partial charge on any atom is 0.0685 e. The molecule has 0 aliphatic carbocycles. The molecule has 0 radical (unpaired) electrons. The minimum atomic E-state index is 0.246. The molecule has 0 spiro atoms. The minimum Gasteiger partial charge on any atom is -0.306 e. The second kappa shape index (κ2) is 6.53. The molecule has 102 valence electrons. The van der Waals surface area contributed by atoms with E-state index in [2.05, 4.69) is 82.2 Å². The SMILES string of the molecule is CCNC(c1cc(Br)ccc1C)c1sc(C)cc1Br. The minimum absolute atomic E-state index is 0.246. The summed E-state index contributed by atoms with van der Waals surface area (Å²) in [6, 6.07) is 8.91. The molecule has 1 nitrogen and oxygen atoms in total. The summed E-state index contributed by atoms with van der Waals surface area (Å²) >= 11 is 9.11. The van der Waals surface area contributed by atoms with Crippen molar-refractivity contribution in [2.45, 2.75) is 26.8 Å². The lowest BCUT2D eigenvalue weighted by molar-refractivity contribution is 0.634. The van der Waals surface area contributed by atoms with Crippen molar-refractivity contribution >= 4 is 43.2 Å². The van der Waals surface area contributed by atoms with Crippen LogP contribution in [0.2, 0.25) is 0 Å². The first kappa shape index (κ1) is 15.2. The summed E-state index contributed by atoms with van der Waals surface area (Å²) < 4.78 is 2.32. The van der Waals surface area contributed by atoms with Gasteiger partial charge in [0.2, 0.25) is 0 Å². The molecule has 0 amide bonds. The van der Waals surface area contributed by atoms with Crippen LogP contribution < -0.4 is 5.32 Å². The molecule has 2 aromatic rings. The van der Waals surface area contributed by atoms with Gasteiger partial charge in [-0.3, -0.25) is 0 Å². The second-order valence-electron chi connectivity index (χ2n) is 4.56. The van der Waals surface area contributed by atoms with Gasteiger partial charge in [0.05, 0.1) is 6.04 Å². The van der Waals surface area contributed by atoms with Crippen LogP contribution in [0.25, 0.3) is 0 Å². The highest BCUT2D eigenvalue weighted by Gasteiger charge is 2.20. The molecule has 1 heterocycles. The summed E-state index contributed by atoms with van der Waals surface area (Å²) in [5.74, 6) is 0. The van der Waals surface area contributed by atoms with Crippen LogP contribution in [0.5, 0.6) is 0 Å². The Morgan fingerprint density at radius 3 is 2.53 bits per heavy atom. The Balaban J connectivity index is 2.51. The smallest absolute Gasteiger partial charge is 0.0685 e. The third kappa shape index (κ3) is 3.48. The quantitative estimate of drug-likeness (QED) is 0.702. The highest BCUT2D eigenvalue weighted by atomic mass is 79.9. The fraction of sp³-hybridized carbons (Fsp3) is 0.333. The average Bonchev–Trinajstić information content (AvgIpc) is 2.69. The van der Waals surface area contributed by atoms with Gasteiger partial charge < -0.3 is 5.32 Å². The Hall–Kier alpha value is -0.160. The van der Waals surface area contributed by atoms with E-state index in [1.54, 1.807) is 0 Å². The zero-order chi connectivity index (χ0) is 14.0. The average molecular weight is 403 g/mol. The lowest BCUT2D eigenvalue weighted by atomic mass is 10.00. The summed E-state index contributed by atoms with van der Waals surface area (Å²) in [6.45, 7) is 7.41. The highest BCUT2D eigenvalue weighted by molar-refractivity contribution is 9.10. The van der Waals surface area contributed by atoms with E-state index < -0.39 is 0 Å². The summed E-state index contributed by atoms with van der Waals surface area (Å²) in [5, 5.41) is 3.60. The molecule has 1 N–H and O–H groups in total. The van der Waals surface area contributed by atoms with Gasteiger partial charge in [-0.25, -0.2) is 0 Å². The van der Waals surface area contributed by atoms with Crippen LogP contribution in [0.15, 0.2) is 33.2 Å². The number of aryl methyl sites for hydroxylation is 2. The van der Waals surface area contributed by atoms with Gasteiger partial charge >= 0.3 is 0 Å². The van der Waals surface area contributed by atoms with E-state index in [0.717, 1.165) is 11.0 Å². The van der Waals surface area contributed by atoms with Gasteiger partial charge in [0, 0.05) is 18.7 Å². The van der Waals surface area contributed by atoms with E-state index >= 15 is 0 Å². The molecule has 0 bridgehead atoms. The summed E-state index contributed by atoms with van der Waals surface area (Å²) in [7, 11) is 0. The van der Waals surface area contributed by atoms with Crippen LogP contribution in [0.1, 0.15) is 33.8 Å². The number of nitrogens with one attached hydrogen (secondary N) is 1. The first-order chi connectivity index (χ1) is 9.02. The monoisotopic (exact) mass is 401 g/mol. The Morgan fingerprint density at radius 1 is 1.21 bits per heavy atom. The fourth-order valence-corrected chi connectivity index (χ4v) is 4.52. The maximum atomic E-state index is 3.69. The van der Waals surface area contributed by atoms with Crippen molar-refractivity contribution in [2.24, 2.45) is 0 Å². The van der Waals surface area contributed by atoms with E-state index in [1.165, 1.54) is 25.4 Å². The molecule has 2 rings (SSSR count). The van der Waals surface area contributed by atoms with E-state index in [0.29, 0.717) is 0 Å². The van der Waals surface area contributed by atoms with Gasteiger partial charge in [-0.2, -0.15) is 0 Å². The predicted molar refractivity (Wildman–Crippen MR) is 91.2 cm³/mol. The number of thiophene rings is 1. The topological polar surface area (TPSA) is 12.0 Å². The van der Waals surface area contributed by atoms with Crippen molar-refractivity contribution in [2.75, 3.05) is 6.54 Å². The van der Waals surface area contributed by atoms with Gasteiger partial charge in [-0.15, -0.1) is 11.3 Å². The molecule has 1 unspecified atom stereocenters. The van der Waals surface area contributed by atoms with Crippen molar-refractivity contribution in [3.8, 4) is 0 Å².